The molecule has 1 N–H and O–H groups in total. The first-order chi connectivity index (χ1) is 18.9. The Hall–Kier alpha value is -2.21. The average molecular weight is 552 g/mol. The zero-order valence-electron chi connectivity index (χ0n) is 25.1. The molecule has 1 unspecified atom stereocenters. The molecule has 9 atom stereocenters. The van der Waals surface area contributed by atoms with E-state index in [0.717, 1.165) is 30.6 Å². The second-order valence-electron chi connectivity index (χ2n) is 14.5. The molecule has 0 saturated heterocycles. The summed E-state index contributed by atoms with van der Waals surface area (Å²) in [4.78, 5) is 24.3. The molecule has 0 bridgehead atoms. The van der Waals surface area contributed by atoms with Crippen LogP contribution in [0.2, 0.25) is 0 Å². The summed E-state index contributed by atoms with van der Waals surface area (Å²) < 4.78 is 5.84. The molecule has 0 aromatic heterocycles. The summed E-state index contributed by atoms with van der Waals surface area (Å²) in [6.07, 6.45) is 12.8. The number of allylic oxidation sites excluding steroid dienone is 1. The maximum atomic E-state index is 13.8. The lowest BCUT2D eigenvalue weighted by Crippen LogP contribution is -2.56. The minimum atomic E-state index is -0.554. The minimum absolute atomic E-state index is 0.0328. The fraction of sp³-hybridized carbons (Fsp3) is 0.735. The van der Waals surface area contributed by atoms with Gasteiger partial charge in [0.1, 0.15) is 5.75 Å². The van der Waals surface area contributed by atoms with Crippen LogP contribution in [0.4, 0.5) is 5.69 Å². The van der Waals surface area contributed by atoms with Crippen molar-refractivity contribution in [2.24, 2.45) is 52.3 Å². The van der Waals surface area contributed by atoms with Crippen LogP contribution in [0, 0.1) is 62.4 Å². The standard InChI is InChI=1S/C34H49NO5/c1-21(2)7-6-8-22(3)28-15-16-29-27-14-9-23-19-25(36)20-31(34(23,5)30(27)17-18-33(28,29)4)32(37)40-26-12-10-24(11-13-26)35(38)39/h9-13,21-22,25,27-31,36H,6-8,14-20H2,1-5H3/t22-,25-,27+,28-,29+,30+,31?,33-,34+/m1/s1. The van der Waals surface area contributed by atoms with Gasteiger partial charge in [0, 0.05) is 17.5 Å². The Labute approximate surface area is 240 Å². The molecule has 0 amide bonds. The van der Waals surface area contributed by atoms with Crippen LogP contribution in [0.25, 0.3) is 0 Å². The molecule has 6 nitrogen and oxygen atoms in total. The monoisotopic (exact) mass is 551 g/mol. The van der Waals surface area contributed by atoms with E-state index in [2.05, 4.69) is 40.7 Å². The number of hydrogen-bond acceptors (Lipinski definition) is 5. The third-order valence-corrected chi connectivity index (χ3v) is 12.0. The maximum absolute atomic E-state index is 13.8. The van der Waals surface area contributed by atoms with Crippen molar-refractivity contribution in [3.63, 3.8) is 0 Å². The van der Waals surface area contributed by atoms with Crippen LogP contribution < -0.4 is 4.74 Å². The molecule has 0 spiro atoms. The molecule has 0 aliphatic heterocycles. The van der Waals surface area contributed by atoms with Gasteiger partial charge < -0.3 is 9.84 Å². The molecule has 6 heteroatoms. The number of carbonyl (C=O) groups excluding carboxylic acids is 1. The number of non-ortho nitro benzene ring substituents is 1. The van der Waals surface area contributed by atoms with E-state index in [1.807, 2.05) is 0 Å². The van der Waals surface area contributed by atoms with Crippen molar-refractivity contribution in [2.45, 2.75) is 105 Å². The second-order valence-corrected chi connectivity index (χ2v) is 14.5. The molecule has 1 aromatic carbocycles. The van der Waals surface area contributed by atoms with Gasteiger partial charge >= 0.3 is 5.97 Å². The third kappa shape index (κ3) is 5.14. The molecule has 5 rings (SSSR count). The minimum Gasteiger partial charge on any atom is -0.426 e. The summed E-state index contributed by atoms with van der Waals surface area (Å²) in [6, 6.07) is 5.71. The zero-order valence-corrected chi connectivity index (χ0v) is 25.1. The number of hydrogen-bond donors (Lipinski definition) is 1. The summed E-state index contributed by atoms with van der Waals surface area (Å²) in [5.41, 5.74) is 1.23. The number of rotatable bonds is 8. The van der Waals surface area contributed by atoms with Crippen LogP contribution in [-0.2, 0) is 4.79 Å². The van der Waals surface area contributed by atoms with Gasteiger partial charge in [-0.05, 0) is 98.0 Å². The normalized spacial score (nSPS) is 37.6. The first-order valence-corrected chi connectivity index (χ1v) is 15.8. The SMILES string of the molecule is CC(C)CCC[C@@H](C)[C@H]1CC[C@H]2[C@@H]3CC=C4C[C@@H](O)CC(C(=O)Oc5ccc([N+](=O)[O-])cc5)[C@]4(C)[C@H]3CC[C@]12C. The first-order valence-electron chi connectivity index (χ1n) is 15.8. The smallest absolute Gasteiger partial charge is 0.315 e. The van der Waals surface area contributed by atoms with Crippen LogP contribution in [0.15, 0.2) is 35.9 Å². The topological polar surface area (TPSA) is 89.7 Å². The highest BCUT2D eigenvalue weighted by molar-refractivity contribution is 5.77. The number of ether oxygens (including phenoxy) is 1. The Morgan fingerprint density at radius 2 is 1.82 bits per heavy atom. The molecule has 4 aliphatic rings. The number of nitro benzene ring substituents is 1. The molecule has 220 valence electrons. The van der Waals surface area contributed by atoms with Gasteiger partial charge in [-0.2, -0.15) is 0 Å². The number of esters is 1. The molecule has 3 fully saturated rings. The van der Waals surface area contributed by atoms with E-state index in [9.17, 15) is 20.0 Å². The van der Waals surface area contributed by atoms with Crippen LogP contribution in [0.5, 0.6) is 5.75 Å². The van der Waals surface area contributed by atoms with Gasteiger partial charge in [-0.15, -0.1) is 0 Å². The van der Waals surface area contributed by atoms with Crippen molar-refractivity contribution < 1.29 is 19.6 Å². The highest BCUT2D eigenvalue weighted by atomic mass is 16.6. The van der Waals surface area contributed by atoms with Crippen molar-refractivity contribution in [3.05, 3.63) is 46.0 Å². The summed E-state index contributed by atoms with van der Waals surface area (Å²) in [6.45, 7) is 12.0. The summed E-state index contributed by atoms with van der Waals surface area (Å²) in [5, 5.41) is 21.9. The molecular weight excluding hydrogens is 502 g/mol. The van der Waals surface area contributed by atoms with Crippen molar-refractivity contribution in [3.8, 4) is 5.75 Å². The Morgan fingerprint density at radius 1 is 1.10 bits per heavy atom. The maximum Gasteiger partial charge on any atom is 0.315 e. The van der Waals surface area contributed by atoms with E-state index in [1.165, 1.54) is 68.4 Å². The van der Waals surface area contributed by atoms with Crippen LogP contribution >= 0.6 is 0 Å². The van der Waals surface area contributed by atoms with E-state index >= 15 is 0 Å². The highest BCUT2D eigenvalue weighted by Gasteiger charge is 2.62. The van der Waals surface area contributed by atoms with Crippen molar-refractivity contribution in [2.75, 3.05) is 0 Å². The van der Waals surface area contributed by atoms with Gasteiger partial charge in [-0.3, -0.25) is 14.9 Å². The number of aliphatic hydroxyl groups excluding tert-OH is 1. The average Bonchev–Trinajstić information content (AvgIpc) is 3.26. The van der Waals surface area contributed by atoms with Gasteiger partial charge in [0.25, 0.3) is 5.69 Å². The fourth-order valence-corrected chi connectivity index (χ4v) is 9.93. The van der Waals surface area contributed by atoms with Gasteiger partial charge in [0.2, 0.25) is 0 Å². The van der Waals surface area contributed by atoms with Crippen LogP contribution in [-0.4, -0.2) is 22.1 Å². The van der Waals surface area contributed by atoms with Crippen molar-refractivity contribution in [1.29, 1.82) is 0 Å². The third-order valence-electron chi connectivity index (χ3n) is 12.0. The van der Waals surface area contributed by atoms with Gasteiger partial charge in [-0.25, -0.2) is 0 Å². The van der Waals surface area contributed by atoms with Crippen molar-refractivity contribution in [1.82, 2.24) is 0 Å². The molecule has 4 aliphatic carbocycles. The van der Waals surface area contributed by atoms with E-state index < -0.39 is 16.9 Å². The Bertz CT molecular complexity index is 1130. The second kappa shape index (κ2) is 11.2. The van der Waals surface area contributed by atoms with Gasteiger partial charge in [0.05, 0.1) is 16.9 Å². The fourth-order valence-electron chi connectivity index (χ4n) is 9.93. The molecule has 40 heavy (non-hydrogen) atoms. The lowest BCUT2D eigenvalue weighted by Gasteiger charge is -2.60. The Kier molecular flexibility index (Phi) is 8.22. The van der Waals surface area contributed by atoms with E-state index in [4.69, 9.17) is 4.74 Å². The number of fused-ring (bicyclic) bond motifs is 5. The molecule has 1 aromatic rings. The number of carbonyl (C=O) groups is 1. The number of aliphatic hydroxyl groups is 1. The summed E-state index contributed by atoms with van der Waals surface area (Å²) >= 11 is 0. The largest absolute Gasteiger partial charge is 0.426 e. The molecule has 3 saturated carbocycles. The van der Waals surface area contributed by atoms with Crippen LogP contribution in [0.1, 0.15) is 98.8 Å². The first kappa shape index (κ1) is 29.3. The van der Waals surface area contributed by atoms with E-state index in [1.54, 1.807) is 0 Å². The van der Waals surface area contributed by atoms with Gasteiger partial charge in [0.15, 0.2) is 0 Å². The number of nitro groups is 1. The van der Waals surface area contributed by atoms with Gasteiger partial charge in [-0.1, -0.05) is 65.5 Å². The van der Waals surface area contributed by atoms with Crippen molar-refractivity contribution >= 4 is 11.7 Å². The predicted octanol–water partition coefficient (Wildman–Crippen LogP) is 8.13. The Balaban J connectivity index is 1.36. The molecule has 0 heterocycles. The zero-order chi connectivity index (χ0) is 28.8. The lowest BCUT2D eigenvalue weighted by atomic mass is 9.44. The highest BCUT2D eigenvalue weighted by Crippen LogP contribution is 2.68. The van der Waals surface area contributed by atoms with E-state index in [0.29, 0.717) is 41.8 Å². The summed E-state index contributed by atoms with van der Waals surface area (Å²) in [7, 11) is 0. The number of nitrogens with zero attached hydrogens (tertiary/aromatic N) is 1. The molecular formula is C34H49NO5. The number of benzene rings is 1. The Morgan fingerprint density at radius 3 is 2.50 bits per heavy atom. The lowest BCUT2D eigenvalue weighted by molar-refractivity contribution is -0.384. The van der Waals surface area contributed by atoms with E-state index in [-0.39, 0.29) is 17.1 Å². The molecule has 0 radical (unpaired) electrons. The quantitative estimate of drug-likeness (QED) is 0.116. The van der Waals surface area contributed by atoms with Crippen LogP contribution in [0.3, 0.4) is 0 Å². The summed E-state index contributed by atoms with van der Waals surface area (Å²) in [5.74, 6) is 3.51. The predicted molar refractivity (Wildman–Crippen MR) is 157 cm³/mol.